The maximum absolute atomic E-state index is 11.9. The Kier molecular flexibility index (Phi) is 5.18. The van der Waals surface area contributed by atoms with Gasteiger partial charge in [-0.2, -0.15) is 5.10 Å². The molecule has 0 aliphatic heterocycles. The molecule has 0 fully saturated rings. The predicted octanol–water partition coefficient (Wildman–Crippen LogP) is 3.04. The second-order valence-corrected chi connectivity index (χ2v) is 5.62. The second-order valence-electron chi connectivity index (χ2n) is 4.82. The zero-order valence-corrected chi connectivity index (χ0v) is 12.4. The van der Waals surface area contributed by atoms with E-state index >= 15 is 0 Å². The molecule has 0 aliphatic rings. The summed E-state index contributed by atoms with van der Waals surface area (Å²) in [7, 11) is 0. The highest BCUT2D eigenvalue weighted by Crippen LogP contribution is 2.17. The average molecular weight is 302 g/mol. The van der Waals surface area contributed by atoms with E-state index in [1.54, 1.807) is 6.20 Å². The lowest BCUT2D eigenvalue weighted by molar-refractivity contribution is 0.501. The predicted molar refractivity (Wildman–Crippen MR) is 74.5 cm³/mol. The van der Waals surface area contributed by atoms with Crippen molar-refractivity contribution >= 4 is 21.6 Å². The van der Waals surface area contributed by atoms with Gasteiger partial charge >= 0.3 is 0 Å². The molecule has 1 heterocycles. The van der Waals surface area contributed by atoms with Gasteiger partial charge < -0.3 is 5.32 Å². The van der Waals surface area contributed by atoms with Crippen LogP contribution in [0, 0.1) is 5.92 Å². The van der Waals surface area contributed by atoms with E-state index in [1.807, 2.05) is 13.8 Å². The summed E-state index contributed by atoms with van der Waals surface area (Å²) in [5.74, 6) is 0.644. The fraction of sp³-hybridized carbons (Fsp3) is 0.667. The van der Waals surface area contributed by atoms with Crippen LogP contribution >= 0.6 is 15.9 Å². The highest BCUT2D eigenvalue weighted by atomic mass is 79.9. The van der Waals surface area contributed by atoms with Gasteiger partial charge in [-0.25, -0.2) is 4.68 Å². The van der Waals surface area contributed by atoms with E-state index in [2.05, 4.69) is 40.2 Å². The van der Waals surface area contributed by atoms with Crippen LogP contribution in [0.2, 0.25) is 0 Å². The fourth-order valence-corrected chi connectivity index (χ4v) is 1.86. The Balaban J connectivity index is 2.82. The van der Waals surface area contributed by atoms with Crippen LogP contribution in [0.15, 0.2) is 15.5 Å². The molecule has 0 saturated heterocycles. The van der Waals surface area contributed by atoms with Gasteiger partial charge in [-0.3, -0.25) is 4.79 Å². The molecule has 4 nitrogen and oxygen atoms in total. The van der Waals surface area contributed by atoms with Crippen LogP contribution in [0.3, 0.4) is 0 Å². The normalized spacial score (nSPS) is 11.2. The number of hydrogen-bond donors (Lipinski definition) is 1. The first-order valence-corrected chi connectivity index (χ1v) is 6.74. The Morgan fingerprint density at radius 2 is 2.06 bits per heavy atom. The molecule has 0 radical (unpaired) electrons. The minimum Gasteiger partial charge on any atom is -0.383 e. The average Bonchev–Trinajstić information content (AvgIpc) is 2.23. The van der Waals surface area contributed by atoms with Crippen molar-refractivity contribution in [1.29, 1.82) is 0 Å². The first-order valence-electron chi connectivity index (χ1n) is 5.94. The van der Waals surface area contributed by atoms with E-state index in [4.69, 9.17) is 0 Å². The van der Waals surface area contributed by atoms with Crippen molar-refractivity contribution in [2.45, 2.75) is 40.2 Å². The minimum absolute atomic E-state index is 0.0727. The van der Waals surface area contributed by atoms with Crippen LogP contribution < -0.4 is 10.9 Å². The van der Waals surface area contributed by atoms with Crippen LogP contribution in [0.5, 0.6) is 0 Å². The monoisotopic (exact) mass is 301 g/mol. The van der Waals surface area contributed by atoms with E-state index in [9.17, 15) is 4.79 Å². The van der Waals surface area contributed by atoms with Gasteiger partial charge in [0.05, 0.1) is 17.9 Å². The number of nitrogens with zero attached hydrogens (tertiary/aromatic N) is 2. The van der Waals surface area contributed by atoms with E-state index in [0.29, 0.717) is 10.4 Å². The second kappa shape index (κ2) is 6.19. The van der Waals surface area contributed by atoms with E-state index < -0.39 is 0 Å². The first kappa shape index (κ1) is 14.2. The molecular weight excluding hydrogens is 282 g/mol. The number of aromatic nitrogens is 2. The van der Waals surface area contributed by atoms with Crippen molar-refractivity contribution in [3.63, 3.8) is 0 Å². The summed E-state index contributed by atoms with van der Waals surface area (Å²) in [5, 5.41) is 7.38. The largest absolute Gasteiger partial charge is 0.383 e. The van der Waals surface area contributed by atoms with Crippen molar-refractivity contribution in [2.75, 3.05) is 11.9 Å². The van der Waals surface area contributed by atoms with Gasteiger partial charge in [0, 0.05) is 6.54 Å². The Morgan fingerprint density at radius 3 is 2.59 bits per heavy atom. The molecular formula is C12H20BrN3O. The van der Waals surface area contributed by atoms with Crippen molar-refractivity contribution in [1.82, 2.24) is 9.78 Å². The third kappa shape index (κ3) is 3.84. The van der Waals surface area contributed by atoms with Gasteiger partial charge in [-0.15, -0.1) is 0 Å². The van der Waals surface area contributed by atoms with Gasteiger partial charge in [0.25, 0.3) is 5.56 Å². The summed E-state index contributed by atoms with van der Waals surface area (Å²) in [5.41, 5.74) is 0.682. The lowest BCUT2D eigenvalue weighted by Gasteiger charge is -2.13. The lowest BCUT2D eigenvalue weighted by atomic mass is 10.1. The molecule has 1 aromatic rings. The van der Waals surface area contributed by atoms with Gasteiger partial charge in [0.2, 0.25) is 0 Å². The molecule has 96 valence electrons. The molecule has 5 heteroatoms. The number of hydrogen-bond acceptors (Lipinski definition) is 3. The smallest absolute Gasteiger partial charge is 0.283 e. The Labute approximate surface area is 111 Å². The summed E-state index contributed by atoms with van der Waals surface area (Å²) >= 11 is 3.33. The van der Waals surface area contributed by atoms with Crippen molar-refractivity contribution in [2.24, 2.45) is 5.92 Å². The van der Waals surface area contributed by atoms with Gasteiger partial charge in [-0.05, 0) is 42.1 Å². The van der Waals surface area contributed by atoms with Gasteiger partial charge in [0.1, 0.15) is 4.47 Å². The molecule has 17 heavy (non-hydrogen) atoms. The van der Waals surface area contributed by atoms with E-state index in [-0.39, 0.29) is 11.6 Å². The quantitative estimate of drug-likeness (QED) is 0.909. The Bertz CT molecular complexity index is 426. The van der Waals surface area contributed by atoms with Crippen LogP contribution in [-0.4, -0.2) is 16.3 Å². The number of halogens is 1. The molecule has 1 aromatic heterocycles. The first-order chi connectivity index (χ1) is 7.93. The molecule has 0 bridgehead atoms. The van der Waals surface area contributed by atoms with Crippen LogP contribution in [0.4, 0.5) is 5.69 Å². The van der Waals surface area contributed by atoms with Gasteiger partial charge in [-0.1, -0.05) is 13.8 Å². The molecule has 0 aromatic carbocycles. The Morgan fingerprint density at radius 1 is 1.41 bits per heavy atom. The van der Waals surface area contributed by atoms with Crippen molar-refractivity contribution < 1.29 is 0 Å². The van der Waals surface area contributed by atoms with Crippen LogP contribution in [-0.2, 0) is 0 Å². The highest BCUT2D eigenvalue weighted by molar-refractivity contribution is 9.10. The van der Waals surface area contributed by atoms with E-state index in [1.165, 1.54) is 4.68 Å². The standard InChI is InChI=1S/C12H20BrN3O/c1-8(2)5-6-14-10-7-15-16(9(3)4)12(17)11(10)13/h7-9,14H,5-6H2,1-4H3. The highest BCUT2D eigenvalue weighted by Gasteiger charge is 2.10. The minimum atomic E-state index is -0.0884. The fourth-order valence-electron chi connectivity index (χ4n) is 1.43. The molecule has 1 N–H and O–H groups in total. The zero-order valence-electron chi connectivity index (χ0n) is 10.8. The number of rotatable bonds is 5. The molecule has 0 aliphatic carbocycles. The molecule has 0 unspecified atom stereocenters. The summed E-state index contributed by atoms with van der Waals surface area (Å²) in [6, 6.07) is 0.0727. The zero-order chi connectivity index (χ0) is 13.0. The Hall–Kier alpha value is -0.840. The van der Waals surface area contributed by atoms with Crippen LogP contribution in [0.25, 0.3) is 0 Å². The summed E-state index contributed by atoms with van der Waals surface area (Å²) in [6.07, 6.45) is 2.77. The lowest BCUT2D eigenvalue weighted by Crippen LogP contribution is -2.26. The number of nitrogens with one attached hydrogen (secondary N) is 1. The topological polar surface area (TPSA) is 46.9 Å². The van der Waals surface area contributed by atoms with Crippen LogP contribution in [0.1, 0.15) is 40.2 Å². The maximum atomic E-state index is 11.9. The summed E-state index contributed by atoms with van der Waals surface area (Å²) < 4.78 is 2.03. The maximum Gasteiger partial charge on any atom is 0.283 e. The van der Waals surface area contributed by atoms with Gasteiger partial charge in [0.15, 0.2) is 0 Å². The number of anilines is 1. The van der Waals surface area contributed by atoms with Crippen molar-refractivity contribution in [3.05, 3.63) is 21.0 Å². The third-order valence-electron chi connectivity index (χ3n) is 2.47. The molecule has 1 rings (SSSR count). The summed E-state index contributed by atoms with van der Waals surface area (Å²) in [6.45, 7) is 9.07. The third-order valence-corrected chi connectivity index (χ3v) is 3.24. The SMILES string of the molecule is CC(C)CCNc1cnn(C(C)C)c(=O)c1Br. The molecule has 0 amide bonds. The summed E-state index contributed by atoms with van der Waals surface area (Å²) in [4.78, 5) is 11.9. The van der Waals surface area contributed by atoms with Crippen molar-refractivity contribution in [3.8, 4) is 0 Å². The molecule has 0 spiro atoms. The van der Waals surface area contributed by atoms with E-state index in [0.717, 1.165) is 18.7 Å². The molecule has 0 saturated carbocycles. The molecule has 0 atom stereocenters.